The summed E-state index contributed by atoms with van der Waals surface area (Å²) in [6, 6.07) is 19.0. The molecule has 0 bridgehead atoms. The topological polar surface area (TPSA) is 102 Å². The van der Waals surface area contributed by atoms with Crippen molar-refractivity contribution in [1.29, 1.82) is 0 Å². The van der Waals surface area contributed by atoms with Gasteiger partial charge in [-0.05, 0) is 22.9 Å². The first-order chi connectivity index (χ1) is 14.5. The van der Waals surface area contributed by atoms with Crippen molar-refractivity contribution in [3.63, 3.8) is 0 Å². The van der Waals surface area contributed by atoms with E-state index in [0.29, 0.717) is 17.0 Å². The fourth-order valence-electron chi connectivity index (χ4n) is 3.93. The van der Waals surface area contributed by atoms with Crippen molar-refractivity contribution >= 4 is 39.7 Å². The Balaban J connectivity index is 1.44. The van der Waals surface area contributed by atoms with Gasteiger partial charge in [-0.25, -0.2) is 4.90 Å². The second kappa shape index (κ2) is 6.48. The van der Waals surface area contributed by atoms with Crippen LogP contribution in [0, 0.1) is 10.1 Å². The molecular weight excluding hydrogens is 386 g/mol. The second-order valence-corrected chi connectivity index (χ2v) is 7.35. The molecular formula is C22H15N3O5. The molecule has 1 unspecified atom stereocenters. The summed E-state index contributed by atoms with van der Waals surface area (Å²) in [4.78, 5) is 43.2. The molecule has 0 radical (unpaired) electrons. The van der Waals surface area contributed by atoms with Crippen LogP contribution in [-0.2, 0) is 14.4 Å². The predicted octanol–water partition coefficient (Wildman–Crippen LogP) is 3.57. The number of nitro benzene ring substituents is 1. The number of carbonyl (C=O) groups excluding carboxylic acids is 2. The summed E-state index contributed by atoms with van der Waals surface area (Å²) in [5, 5.41) is 17.0. The van der Waals surface area contributed by atoms with Crippen molar-refractivity contribution in [1.82, 2.24) is 0 Å². The predicted molar refractivity (Wildman–Crippen MR) is 109 cm³/mol. The standard InChI is InChI=1S/C22H15N3O5/c26-20-13-22(12-19(23-30-22)16-6-3-7-18(11-16)25(28)29)21(27)24(20)17-9-8-14-4-1-2-5-15(14)10-17/h1-11H,12-13H2. The molecule has 0 saturated carbocycles. The number of imide groups is 1. The molecule has 30 heavy (non-hydrogen) atoms. The zero-order chi connectivity index (χ0) is 20.9. The average molecular weight is 401 g/mol. The van der Waals surface area contributed by atoms with Gasteiger partial charge in [0.1, 0.15) is 0 Å². The maximum absolute atomic E-state index is 13.2. The van der Waals surface area contributed by atoms with Gasteiger partial charge in [-0.2, -0.15) is 0 Å². The Morgan fingerprint density at radius 1 is 0.967 bits per heavy atom. The highest BCUT2D eigenvalue weighted by atomic mass is 16.7. The van der Waals surface area contributed by atoms with Crippen molar-refractivity contribution in [2.75, 3.05) is 4.90 Å². The summed E-state index contributed by atoms with van der Waals surface area (Å²) in [6.07, 6.45) is -0.0661. The first-order valence-corrected chi connectivity index (χ1v) is 9.33. The molecule has 2 amide bonds. The zero-order valence-corrected chi connectivity index (χ0v) is 15.6. The number of fused-ring (bicyclic) bond motifs is 1. The van der Waals surface area contributed by atoms with Crippen LogP contribution in [0.3, 0.4) is 0 Å². The fraction of sp³-hybridized carbons (Fsp3) is 0.136. The van der Waals surface area contributed by atoms with E-state index in [-0.39, 0.29) is 24.4 Å². The lowest BCUT2D eigenvalue weighted by Gasteiger charge is -2.19. The lowest BCUT2D eigenvalue weighted by atomic mass is 9.92. The summed E-state index contributed by atoms with van der Waals surface area (Å²) in [5.41, 5.74) is -0.121. The van der Waals surface area contributed by atoms with Crippen LogP contribution in [0.2, 0.25) is 0 Å². The summed E-state index contributed by atoms with van der Waals surface area (Å²) >= 11 is 0. The highest BCUT2D eigenvalue weighted by Crippen LogP contribution is 2.40. The number of rotatable bonds is 3. The molecule has 1 fully saturated rings. The number of anilines is 1. The highest BCUT2D eigenvalue weighted by molar-refractivity contribution is 6.26. The maximum Gasteiger partial charge on any atom is 0.281 e. The van der Waals surface area contributed by atoms with Crippen molar-refractivity contribution in [3.05, 3.63) is 82.4 Å². The van der Waals surface area contributed by atoms with E-state index in [9.17, 15) is 19.7 Å². The first-order valence-electron chi connectivity index (χ1n) is 9.33. The third-order valence-electron chi connectivity index (χ3n) is 5.44. The smallest absolute Gasteiger partial charge is 0.281 e. The molecule has 3 aromatic carbocycles. The Labute approximate surface area is 170 Å². The first kappa shape index (κ1) is 18.0. The molecule has 2 aliphatic rings. The minimum absolute atomic E-state index is 0.0722. The molecule has 148 valence electrons. The van der Waals surface area contributed by atoms with Crippen molar-refractivity contribution in [2.45, 2.75) is 18.4 Å². The Hall–Kier alpha value is -4.07. The van der Waals surface area contributed by atoms with Crippen molar-refractivity contribution in [3.8, 4) is 0 Å². The molecule has 2 aliphatic heterocycles. The number of oxime groups is 1. The Morgan fingerprint density at radius 3 is 2.57 bits per heavy atom. The molecule has 1 atom stereocenters. The minimum Gasteiger partial charge on any atom is -0.378 e. The Bertz CT molecular complexity index is 1270. The van der Waals surface area contributed by atoms with Gasteiger partial charge >= 0.3 is 0 Å². The van der Waals surface area contributed by atoms with Crippen molar-refractivity contribution in [2.24, 2.45) is 5.16 Å². The quantitative estimate of drug-likeness (QED) is 0.379. The average Bonchev–Trinajstić information content (AvgIpc) is 3.29. The SMILES string of the molecule is O=C1CC2(CC(c3cccc([N+](=O)[O-])c3)=NO2)C(=O)N1c1ccc2ccccc2c1. The van der Waals surface area contributed by atoms with Crippen LogP contribution in [-0.4, -0.2) is 28.1 Å². The van der Waals surface area contributed by atoms with Gasteiger partial charge in [0.25, 0.3) is 11.6 Å². The number of non-ortho nitro benzene ring substituents is 1. The summed E-state index contributed by atoms with van der Waals surface area (Å²) in [5.74, 6) is -0.849. The summed E-state index contributed by atoms with van der Waals surface area (Å²) in [7, 11) is 0. The molecule has 0 N–H and O–H groups in total. The minimum atomic E-state index is -1.41. The molecule has 2 heterocycles. The van der Waals surface area contributed by atoms with Crippen LogP contribution >= 0.6 is 0 Å². The number of benzene rings is 3. The van der Waals surface area contributed by atoms with E-state index >= 15 is 0 Å². The van der Waals surface area contributed by atoms with Crippen LogP contribution in [0.25, 0.3) is 10.8 Å². The third-order valence-corrected chi connectivity index (χ3v) is 5.44. The van der Waals surface area contributed by atoms with Crippen LogP contribution in [0.4, 0.5) is 11.4 Å². The van der Waals surface area contributed by atoms with Gasteiger partial charge in [-0.3, -0.25) is 19.7 Å². The molecule has 0 aliphatic carbocycles. The van der Waals surface area contributed by atoms with Gasteiger partial charge in [-0.15, -0.1) is 0 Å². The van der Waals surface area contributed by atoms with Crippen LogP contribution < -0.4 is 4.90 Å². The lowest BCUT2D eigenvalue weighted by molar-refractivity contribution is -0.384. The zero-order valence-electron chi connectivity index (χ0n) is 15.6. The van der Waals surface area contributed by atoms with Gasteiger partial charge < -0.3 is 4.84 Å². The highest BCUT2D eigenvalue weighted by Gasteiger charge is 2.58. The molecule has 0 aromatic heterocycles. The van der Waals surface area contributed by atoms with Crippen LogP contribution in [0.15, 0.2) is 71.9 Å². The normalized spacial score (nSPS) is 20.7. The van der Waals surface area contributed by atoms with Crippen LogP contribution in [0.1, 0.15) is 18.4 Å². The van der Waals surface area contributed by atoms with Gasteiger partial charge in [-0.1, -0.05) is 47.6 Å². The van der Waals surface area contributed by atoms with E-state index in [1.165, 1.54) is 12.1 Å². The maximum atomic E-state index is 13.2. The molecule has 8 nitrogen and oxygen atoms in total. The van der Waals surface area contributed by atoms with Gasteiger partial charge in [0.05, 0.1) is 22.7 Å². The van der Waals surface area contributed by atoms with Gasteiger partial charge in [0, 0.05) is 24.1 Å². The van der Waals surface area contributed by atoms with E-state index < -0.39 is 16.4 Å². The largest absolute Gasteiger partial charge is 0.378 e. The van der Waals surface area contributed by atoms with Gasteiger partial charge in [0.2, 0.25) is 11.5 Å². The molecule has 3 aromatic rings. The molecule has 8 heteroatoms. The van der Waals surface area contributed by atoms with Crippen molar-refractivity contribution < 1.29 is 19.3 Å². The number of nitro groups is 1. The number of amides is 2. The molecule has 1 saturated heterocycles. The number of hydrogen-bond donors (Lipinski definition) is 0. The van der Waals surface area contributed by atoms with Crippen LogP contribution in [0.5, 0.6) is 0 Å². The van der Waals surface area contributed by atoms with Gasteiger partial charge in [0.15, 0.2) is 0 Å². The summed E-state index contributed by atoms with van der Waals surface area (Å²) < 4.78 is 0. The molecule has 1 spiro atoms. The van der Waals surface area contributed by atoms with E-state index in [1.807, 2.05) is 30.3 Å². The molecule has 5 rings (SSSR count). The number of nitrogens with zero attached hydrogens (tertiary/aromatic N) is 3. The lowest BCUT2D eigenvalue weighted by Crippen LogP contribution is -2.40. The van der Waals surface area contributed by atoms with E-state index in [0.717, 1.165) is 15.7 Å². The van der Waals surface area contributed by atoms with E-state index in [2.05, 4.69) is 5.16 Å². The second-order valence-electron chi connectivity index (χ2n) is 7.35. The monoisotopic (exact) mass is 401 g/mol. The Morgan fingerprint density at radius 2 is 1.77 bits per heavy atom. The summed E-state index contributed by atoms with van der Waals surface area (Å²) in [6.45, 7) is 0. The number of carbonyl (C=O) groups is 2. The van der Waals surface area contributed by atoms with E-state index in [1.54, 1.807) is 24.3 Å². The fourth-order valence-corrected chi connectivity index (χ4v) is 3.93. The third kappa shape index (κ3) is 2.73. The van der Waals surface area contributed by atoms with E-state index in [4.69, 9.17) is 4.84 Å². The Kier molecular flexibility index (Phi) is 3.89. The number of hydrogen-bond acceptors (Lipinski definition) is 6.